The summed E-state index contributed by atoms with van der Waals surface area (Å²) in [7, 11) is 0. The van der Waals surface area contributed by atoms with Gasteiger partial charge in [-0.05, 0) is 51.2 Å². The van der Waals surface area contributed by atoms with Gasteiger partial charge in [-0.2, -0.15) is 0 Å². The van der Waals surface area contributed by atoms with Crippen LogP contribution in [0.2, 0.25) is 0 Å². The Balaban J connectivity index is 2.04. The maximum atomic E-state index is 11.6. The summed E-state index contributed by atoms with van der Waals surface area (Å²) in [5.41, 5.74) is 2.51. The smallest absolute Gasteiger partial charge is 0.339 e. The summed E-state index contributed by atoms with van der Waals surface area (Å²) in [6.07, 6.45) is 4.26. The van der Waals surface area contributed by atoms with E-state index < -0.39 is 5.97 Å². The number of carbonyl (C=O) groups is 1. The molecule has 1 aromatic heterocycles. The summed E-state index contributed by atoms with van der Waals surface area (Å²) in [5, 5.41) is 9.55. The number of anilines is 1. The third-order valence-corrected chi connectivity index (χ3v) is 4.39. The lowest BCUT2D eigenvalue weighted by molar-refractivity contribution is 0.0338. The second-order valence-corrected chi connectivity index (χ2v) is 6.12. The SMILES string of the molecule is CC1CN(c2nc3c(cc2C(=O)O)CCCC3)C(C)CO1. The van der Waals surface area contributed by atoms with Crippen molar-refractivity contribution in [1.82, 2.24) is 4.98 Å². The quantitative estimate of drug-likeness (QED) is 0.905. The number of hydrogen-bond acceptors (Lipinski definition) is 4. The van der Waals surface area contributed by atoms with E-state index in [2.05, 4.69) is 11.8 Å². The summed E-state index contributed by atoms with van der Waals surface area (Å²) in [6.45, 7) is 5.36. The minimum atomic E-state index is -0.891. The minimum Gasteiger partial charge on any atom is -0.478 e. The van der Waals surface area contributed by atoms with Crippen molar-refractivity contribution in [3.05, 3.63) is 22.9 Å². The van der Waals surface area contributed by atoms with E-state index in [0.717, 1.165) is 36.9 Å². The van der Waals surface area contributed by atoms with E-state index >= 15 is 0 Å². The topological polar surface area (TPSA) is 62.7 Å². The first-order chi connectivity index (χ1) is 10.1. The second kappa shape index (κ2) is 5.64. The van der Waals surface area contributed by atoms with Crippen molar-refractivity contribution in [2.75, 3.05) is 18.1 Å². The number of pyridine rings is 1. The molecular formula is C16H22N2O3. The molecule has 1 aliphatic heterocycles. The molecule has 1 saturated heterocycles. The lowest BCUT2D eigenvalue weighted by Gasteiger charge is -2.38. The van der Waals surface area contributed by atoms with Gasteiger partial charge in [-0.3, -0.25) is 0 Å². The van der Waals surface area contributed by atoms with Gasteiger partial charge in [0.1, 0.15) is 11.4 Å². The number of hydrogen-bond donors (Lipinski definition) is 1. The fourth-order valence-corrected chi connectivity index (χ4v) is 3.20. The number of rotatable bonds is 2. The number of fused-ring (bicyclic) bond motifs is 1. The van der Waals surface area contributed by atoms with E-state index in [1.807, 2.05) is 13.0 Å². The van der Waals surface area contributed by atoms with Gasteiger partial charge < -0.3 is 14.7 Å². The largest absolute Gasteiger partial charge is 0.478 e. The zero-order valence-electron chi connectivity index (χ0n) is 12.6. The first-order valence-corrected chi connectivity index (χ1v) is 7.70. The molecular weight excluding hydrogens is 268 g/mol. The van der Waals surface area contributed by atoms with Crippen LogP contribution >= 0.6 is 0 Å². The highest BCUT2D eigenvalue weighted by Gasteiger charge is 2.29. The number of ether oxygens (including phenoxy) is 1. The Labute approximate surface area is 124 Å². The van der Waals surface area contributed by atoms with Gasteiger partial charge in [-0.1, -0.05) is 0 Å². The molecule has 2 aliphatic rings. The van der Waals surface area contributed by atoms with Crippen molar-refractivity contribution < 1.29 is 14.6 Å². The lowest BCUT2D eigenvalue weighted by Crippen LogP contribution is -2.48. The highest BCUT2D eigenvalue weighted by molar-refractivity contribution is 5.93. The fourth-order valence-electron chi connectivity index (χ4n) is 3.20. The van der Waals surface area contributed by atoms with Gasteiger partial charge in [0.15, 0.2) is 0 Å². The first kappa shape index (κ1) is 14.3. The number of nitrogens with zero attached hydrogens (tertiary/aromatic N) is 2. The van der Waals surface area contributed by atoms with Crippen LogP contribution in [0.15, 0.2) is 6.07 Å². The van der Waals surface area contributed by atoms with E-state index in [1.165, 1.54) is 0 Å². The van der Waals surface area contributed by atoms with Crippen molar-refractivity contribution >= 4 is 11.8 Å². The molecule has 0 saturated carbocycles. The molecule has 2 unspecified atom stereocenters. The molecule has 5 nitrogen and oxygen atoms in total. The Kier molecular flexibility index (Phi) is 3.85. The number of aromatic nitrogens is 1. The molecule has 0 spiro atoms. The number of aryl methyl sites for hydroxylation is 2. The summed E-state index contributed by atoms with van der Waals surface area (Å²) in [6, 6.07) is 1.99. The van der Waals surface area contributed by atoms with Gasteiger partial charge in [0, 0.05) is 12.2 Å². The Hall–Kier alpha value is -1.62. The Morgan fingerprint density at radius 2 is 2.14 bits per heavy atom. The summed E-state index contributed by atoms with van der Waals surface area (Å²) in [5.74, 6) is -0.275. The molecule has 1 aromatic rings. The average molecular weight is 290 g/mol. The molecule has 1 fully saturated rings. The van der Waals surface area contributed by atoms with Crippen LogP contribution in [0.1, 0.15) is 48.3 Å². The van der Waals surface area contributed by atoms with Crippen LogP contribution in [0, 0.1) is 0 Å². The van der Waals surface area contributed by atoms with Gasteiger partial charge in [0.2, 0.25) is 0 Å². The van der Waals surface area contributed by atoms with Crippen molar-refractivity contribution in [1.29, 1.82) is 0 Å². The molecule has 1 aliphatic carbocycles. The molecule has 0 radical (unpaired) electrons. The van der Waals surface area contributed by atoms with Gasteiger partial charge in [0.05, 0.1) is 18.8 Å². The van der Waals surface area contributed by atoms with Crippen LogP contribution in [0.5, 0.6) is 0 Å². The zero-order valence-corrected chi connectivity index (χ0v) is 12.6. The van der Waals surface area contributed by atoms with E-state index in [9.17, 15) is 9.90 Å². The normalized spacial score (nSPS) is 25.5. The van der Waals surface area contributed by atoms with E-state index in [1.54, 1.807) is 0 Å². The maximum Gasteiger partial charge on any atom is 0.339 e. The van der Waals surface area contributed by atoms with Crippen LogP contribution in [0.25, 0.3) is 0 Å². The molecule has 2 heterocycles. The van der Waals surface area contributed by atoms with Crippen LogP contribution in [0.3, 0.4) is 0 Å². The average Bonchev–Trinajstić information content (AvgIpc) is 2.48. The molecule has 21 heavy (non-hydrogen) atoms. The number of aromatic carboxylic acids is 1. The Morgan fingerprint density at radius 1 is 1.38 bits per heavy atom. The molecule has 1 N–H and O–H groups in total. The maximum absolute atomic E-state index is 11.6. The van der Waals surface area contributed by atoms with E-state index in [-0.39, 0.29) is 12.1 Å². The van der Waals surface area contributed by atoms with E-state index in [0.29, 0.717) is 24.5 Å². The van der Waals surface area contributed by atoms with Crippen molar-refractivity contribution in [3.8, 4) is 0 Å². The predicted octanol–water partition coefficient (Wildman–Crippen LogP) is 2.27. The fraction of sp³-hybridized carbons (Fsp3) is 0.625. The number of morpholine rings is 1. The molecule has 0 aromatic carbocycles. The predicted molar refractivity (Wildman–Crippen MR) is 80.1 cm³/mol. The summed E-state index contributed by atoms with van der Waals surface area (Å²) >= 11 is 0. The van der Waals surface area contributed by atoms with Crippen molar-refractivity contribution in [2.45, 2.75) is 51.7 Å². The van der Waals surface area contributed by atoms with Gasteiger partial charge in [0.25, 0.3) is 0 Å². The molecule has 114 valence electrons. The first-order valence-electron chi connectivity index (χ1n) is 7.70. The molecule has 2 atom stereocenters. The van der Waals surface area contributed by atoms with Crippen molar-refractivity contribution in [3.63, 3.8) is 0 Å². The van der Waals surface area contributed by atoms with Crippen LogP contribution < -0.4 is 4.90 Å². The minimum absolute atomic E-state index is 0.0978. The Bertz CT molecular complexity index is 559. The van der Waals surface area contributed by atoms with Crippen LogP contribution in [0.4, 0.5) is 5.82 Å². The summed E-state index contributed by atoms with van der Waals surface area (Å²) in [4.78, 5) is 18.5. The molecule has 5 heteroatoms. The second-order valence-electron chi connectivity index (χ2n) is 6.12. The number of carboxylic acids is 1. The van der Waals surface area contributed by atoms with E-state index in [4.69, 9.17) is 9.72 Å². The third kappa shape index (κ3) is 2.75. The van der Waals surface area contributed by atoms with Crippen LogP contribution in [-0.2, 0) is 17.6 Å². The number of carboxylic acid groups (broad SMARTS) is 1. The highest BCUT2D eigenvalue weighted by Crippen LogP contribution is 2.29. The van der Waals surface area contributed by atoms with Crippen LogP contribution in [-0.4, -0.2) is 41.4 Å². The van der Waals surface area contributed by atoms with Gasteiger partial charge >= 0.3 is 5.97 Å². The monoisotopic (exact) mass is 290 g/mol. The molecule has 3 rings (SSSR count). The standard InChI is InChI=1S/C16H22N2O3/c1-10-9-21-11(2)8-18(10)15-13(16(19)20)7-12-5-3-4-6-14(12)17-15/h7,10-11H,3-6,8-9H2,1-2H3,(H,19,20). The van der Waals surface area contributed by atoms with Crippen molar-refractivity contribution in [2.24, 2.45) is 0 Å². The zero-order chi connectivity index (χ0) is 15.0. The molecule has 0 bridgehead atoms. The van der Waals surface area contributed by atoms with Gasteiger partial charge in [-0.25, -0.2) is 9.78 Å². The molecule has 0 amide bonds. The summed E-state index contributed by atoms with van der Waals surface area (Å²) < 4.78 is 5.64. The Morgan fingerprint density at radius 3 is 2.90 bits per heavy atom. The third-order valence-electron chi connectivity index (χ3n) is 4.39. The highest BCUT2D eigenvalue weighted by atomic mass is 16.5. The lowest BCUT2D eigenvalue weighted by atomic mass is 9.94. The van der Waals surface area contributed by atoms with Gasteiger partial charge in [-0.15, -0.1) is 0 Å².